The maximum absolute atomic E-state index is 5.36. The van der Waals surface area contributed by atoms with Crippen LogP contribution in [0.15, 0.2) is 122 Å². The molecule has 0 saturated carbocycles. The molecule has 1 atom stereocenters. The minimum atomic E-state index is -0.274. The Labute approximate surface area is 343 Å². The van der Waals surface area contributed by atoms with Gasteiger partial charge in [-0.05, 0) is 0 Å². The Bertz CT molecular complexity index is 2380. The molecule has 0 saturated heterocycles. The van der Waals surface area contributed by atoms with Gasteiger partial charge in [0.05, 0.1) is 0 Å². The maximum Gasteiger partial charge on any atom is 0.164 e. The SMILES string of the molecule is CC.CC.CC.CC.CC.CC.CC.CC.c1ccc2c(c1)C1=NC2=Nc2c3ccccc3c3n2Cn2c(c4ccccc4c2=NC2NC(=N3)c3ccccc32)=N1. The zero-order chi connectivity index (χ0) is 42.7. The highest BCUT2D eigenvalue weighted by Gasteiger charge is 2.31. The van der Waals surface area contributed by atoms with E-state index in [0.717, 1.165) is 72.2 Å². The van der Waals surface area contributed by atoms with E-state index in [1.165, 1.54) is 0 Å². The summed E-state index contributed by atoms with van der Waals surface area (Å²) in [5, 5.41) is 7.76. The first-order valence-electron chi connectivity index (χ1n) is 21.7. The lowest BCUT2D eigenvalue weighted by atomic mass is 10.1. The molecule has 57 heavy (non-hydrogen) atoms. The van der Waals surface area contributed by atoms with Crippen LogP contribution in [0.2, 0.25) is 0 Å². The number of aliphatic imine (C=N–C) groups is 3. The monoisotopic (exact) mass is 769 g/mol. The molecule has 10 rings (SSSR count). The highest BCUT2D eigenvalue weighted by atomic mass is 15.3. The Balaban J connectivity index is 0.000000632. The summed E-state index contributed by atoms with van der Waals surface area (Å²) in [5.74, 6) is 3.79. The van der Waals surface area contributed by atoms with Crippen molar-refractivity contribution in [1.82, 2.24) is 14.5 Å². The van der Waals surface area contributed by atoms with Crippen molar-refractivity contribution in [3.63, 3.8) is 0 Å². The van der Waals surface area contributed by atoms with Crippen molar-refractivity contribution < 1.29 is 0 Å². The molecule has 0 spiro atoms. The van der Waals surface area contributed by atoms with Gasteiger partial charge in [-0.25, -0.2) is 25.0 Å². The number of rotatable bonds is 0. The normalized spacial score (nSPS) is 13.4. The van der Waals surface area contributed by atoms with Crippen LogP contribution < -0.4 is 16.3 Å². The van der Waals surface area contributed by atoms with Crippen LogP contribution in [0.1, 0.15) is 139 Å². The Kier molecular flexibility index (Phi) is 20.1. The highest BCUT2D eigenvalue weighted by molar-refractivity contribution is 6.23. The molecule has 0 aliphatic carbocycles. The Morgan fingerprint density at radius 3 is 1.39 bits per heavy atom. The Morgan fingerprint density at radius 1 is 0.421 bits per heavy atom. The van der Waals surface area contributed by atoms with Gasteiger partial charge in [0.2, 0.25) is 0 Å². The molecule has 4 aliphatic rings. The smallest absolute Gasteiger partial charge is 0.164 e. The van der Waals surface area contributed by atoms with E-state index in [1.807, 2.05) is 123 Å². The lowest BCUT2D eigenvalue weighted by Crippen LogP contribution is -2.33. The van der Waals surface area contributed by atoms with E-state index >= 15 is 0 Å². The summed E-state index contributed by atoms with van der Waals surface area (Å²) in [6, 6.07) is 33.3. The Hall–Kier alpha value is -5.63. The third kappa shape index (κ3) is 9.01. The maximum atomic E-state index is 5.36. The van der Waals surface area contributed by atoms with Crippen LogP contribution in [-0.2, 0) is 6.67 Å². The average Bonchev–Trinajstić information content (AvgIpc) is 4.03. The zero-order valence-corrected chi connectivity index (χ0v) is 37.7. The van der Waals surface area contributed by atoms with Crippen molar-refractivity contribution in [2.24, 2.45) is 25.0 Å². The molecule has 4 aliphatic heterocycles. The molecule has 4 aromatic carbocycles. The number of benzene rings is 4. The number of nitrogens with zero attached hydrogens (tertiary/aromatic N) is 7. The fourth-order valence-electron chi connectivity index (χ4n) is 6.56. The largest absolute Gasteiger partial charge is 0.344 e. The van der Waals surface area contributed by atoms with Crippen LogP contribution in [0, 0.1) is 0 Å². The zero-order valence-electron chi connectivity index (χ0n) is 37.7. The molecule has 1 unspecified atom stereocenters. The second kappa shape index (κ2) is 24.1. The van der Waals surface area contributed by atoms with Gasteiger partial charge >= 0.3 is 0 Å². The van der Waals surface area contributed by atoms with Gasteiger partial charge < -0.3 is 5.32 Å². The third-order valence-corrected chi connectivity index (χ3v) is 8.42. The minimum Gasteiger partial charge on any atom is -0.344 e. The van der Waals surface area contributed by atoms with E-state index in [-0.39, 0.29) is 6.17 Å². The summed E-state index contributed by atoms with van der Waals surface area (Å²) in [6.45, 7) is 32.5. The molecule has 8 nitrogen and oxygen atoms in total. The first-order chi connectivity index (χ1) is 28.3. The molecule has 8 heteroatoms. The van der Waals surface area contributed by atoms with Gasteiger partial charge in [-0.3, -0.25) is 9.13 Å². The van der Waals surface area contributed by atoms with Crippen molar-refractivity contribution >= 4 is 50.7 Å². The first kappa shape index (κ1) is 47.5. The number of hydrogen-bond donors (Lipinski definition) is 1. The molecule has 2 aromatic heterocycles. The summed E-state index contributed by atoms with van der Waals surface area (Å²) < 4.78 is 4.38. The molecule has 6 aromatic rings. The number of amidine groups is 3. The molecule has 6 heterocycles. The highest BCUT2D eigenvalue weighted by Crippen LogP contribution is 2.40. The van der Waals surface area contributed by atoms with E-state index in [4.69, 9.17) is 25.0 Å². The number of fused-ring (bicyclic) bond motifs is 15. The Morgan fingerprint density at radius 2 is 0.842 bits per heavy atom. The van der Waals surface area contributed by atoms with Gasteiger partial charge in [0, 0.05) is 43.8 Å². The minimum absolute atomic E-state index is 0.274. The summed E-state index contributed by atoms with van der Waals surface area (Å²) >= 11 is 0. The standard InChI is InChI=1S/C33H20N8.8C2H6/c1-2-10-19-18(9-1)26-34-27(19)37-31-24-15-7-8-16-25(24)33-39-29-21-12-4-3-11-20(21)28(35-29)38-32-23-14-6-5-13-22(23)30(36-26)40(32)17-41(31)33;8*1-2/h1-16,26H,17H2,(H,34,37);8*1-2H3. The van der Waals surface area contributed by atoms with Gasteiger partial charge in [0.15, 0.2) is 11.7 Å². The lowest BCUT2D eigenvalue weighted by molar-refractivity contribution is 0.561. The molecule has 6 bridgehead atoms. The van der Waals surface area contributed by atoms with Crippen LogP contribution in [0.4, 0.5) is 11.6 Å². The van der Waals surface area contributed by atoms with Gasteiger partial charge in [0.1, 0.15) is 41.3 Å². The molecule has 0 fully saturated rings. The fourth-order valence-corrected chi connectivity index (χ4v) is 6.56. The van der Waals surface area contributed by atoms with Crippen LogP contribution in [-0.4, -0.2) is 26.6 Å². The predicted octanol–water partition coefficient (Wildman–Crippen LogP) is 13.1. The topological polar surface area (TPSA) is 83.7 Å². The summed E-state index contributed by atoms with van der Waals surface area (Å²) in [6.07, 6.45) is -0.274. The lowest BCUT2D eigenvalue weighted by Gasteiger charge is -2.15. The van der Waals surface area contributed by atoms with Crippen LogP contribution in [0.3, 0.4) is 0 Å². The van der Waals surface area contributed by atoms with Crippen molar-refractivity contribution in [2.75, 3.05) is 0 Å². The van der Waals surface area contributed by atoms with Gasteiger partial charge in [-0.1, -0.05) is 208 Å². The molecule has 0 radical (unpaired) electrons. The summed E-state index contributed by atoms with van der Waals surface area (Å²) in [7, 11) is 0. The van der Waals surface area contributed by atoms with Crippen LogP contribution in [0.5, 0.6) is 0 Å². The van der Waals surface area contributed by atoms with Crippen molar-refractivity contribution in [1.29, 1.82) is 0 Å². The average molecular weight is 769 g/mol. The second-order valence-electron chi connectivity index (χ2n) is 10.6. The fraction of sp³-hybridized carbons (Fsp3) is 0.367. The van der Waals surface area contributed by atoms with Crippen LogP contribution >= 0.6 is 0 Å². The van der Waals surface area contributed by atoms with E-state index in [9.17, 15) is 0 Å². The molecular formula is C49H68N8. The van der Waals surface area contributed by atoms with Crippen molar-refractivity contribution in [2.45, 2.75) is 124 Å². The van der Waals surface area contributed by atoms with Crippen molar-refractivity contribution in [3.05, 3.63) is 130 Å². The van der Waals surface area contributed by atoms with Gasteiger partial charge in [-0.2, -0.15) is 0 Å². The number of hydrogen-bond acceptors (Lipinski definition) is 6. The molecule has 0 amide bonds. The van der Waals surface area contributed by atoms with Gasteiger partial charge in [-0.15, -0.1) is 0 Å². The number of aromatic nitrogens is 2. The number of nitrogens with one attached hydrogen (secondary N) is 1. The quantitative estimate of drug-likeness (QED) is 0.164. The van der Waals surface area contributed by atoms with E-state index in [2.05, 4.69) is 99.4 Å². The first-order valence-corrected chi connectivity index (χ1v) is 21.7. The molecule has 304 valence electrons. The predicted molar refractivity (Wildman–Crippen MR) is 250 cm³/mol. The van der Waals surface area contributed by atoms with Crippen LogP contribution in [0.25, 0.3) is 21.5 Å². The van der Waals surface area contributed by atoms with E-state index < -0.39 is 0 Å². The third-order valence-electron chi connectivity index (χ3n) is 8.42. The van der Waals surface area contributed by atoms with Gasteiger partial charge in [0.25, 0.3) is 0 Å². The second-order valence-corrected chi connectivity index (χ2v) is 10.6. The molecular weight excluding hydrogens is 701 g/mol. The van der Waals surface area contributed by atoms with E-state index in [0.29, 0.717) is 18.3 Å². The van der Waals surface area contributed by atoms with Crippen molar-refractivity contribution in [3.8, 4) is 0 Å². The van der Waals surface area contributed by atoms with E-state index in [1.54, 1.807) is 0 Å². The molecule has 1 N–H and O–H groups in total. The summed E-state index contributed by atoms with van der Waals surface area (Å²) in [4.78, 5) is 26.1. The summed E-state index contributed by atoms with van der Waals surface area (Å²) in [5.41, 5.74) is 5.80.